The topological polar surface area (TPSA) is 81.1 Å². The Balaban J connectivity index is 2.23. The second kappa shape index (κ2) is 5.38. The van der Waals surface area contributed by atoms with Crippen LogP contribution in [0.1, 0.15) is 40.8 Å². The number of hydrogen-bond acceptors (Lipinski definition) is 4. The maximum atomic E-state index is 11.2. The summed E-state index contributed by atoms with van der Waals surface area (Å²) in [5.41, 5.74) is 10.5. The molecule has 0 amide bonds. The minimum absolute atomic E-state index is 0.273. The zero-order chi connectivity index (χ0) is 16.9. The number of aromatic nitrogens is 2. The monoisotopic (exact) mass is 329 g/mol. The van der Waals surface area contributed by atoms with Crippen molar-refractivity contribution in [2.45, 2.75) is 33.7 Å². The molecule has 3 rings (SSSR count). The minimum atomic E-state index is -0.942. The number of rotatable bonds is 3. The number of fused-ring (bicyclic) bond motifs is 1. The van der Waals surface area contributed by atoms with Crippen molar-refractivity contribution in [1.82, 2.24) is 9.55 Å². The molecule has 0 bridgehead atoms. The lowest BCUT2D eigenvalue weighted by Crippen LogP contribution is -2.01. The van der Waals surface area contributed by atoms with Crippen molar-refractivity contribution in [1.29, 1.82) is 0 Å². The van der Waals surface area contributed by atoms with Crippen LogP contribution in [0.5, 0.6) is 0 Å². The normalized spacial score (nSPS) is 11.5. The molecule has 6 heteroatoms. The summed E-state index contributed by atoms with van der Waals surface area (Å²) in [7, 11) is 0. The van der Waals surface area contributed by atoms with E-state index in [0.29, 0.717) is 22.4 Å². The average molecular weight is 329 g/mol. The molecule has 0 unspecified atom stereocenters. The highest BCUT2D eigenvalue weighted by molar-refractivity contribution is 7.17. The maximum absolute atomic E-state index is 11.2. The molecule has 2 heterocycles. The van der Waals surface area contributed by atoms with Crippen LogP contribution in [0.4, 0.5) is 5.69 Å². The third kappa shape index (κ3) is 2.49. The van der Waals surface area contributed by atoms with E-state index >= 15 is 0 Å². The molecule has 1 aromatic carbocycles. The predicted molar refractivity (Wildman–Crippen MR) is 94.3 cm³/mol. The molecule has 0 aliphatic carbocycles. The van der Waals surface area contributed by atoms with E-state index in [2.05, 4.69) is 36.5 Å². The Labute approximate surface area is 138 Å². The first-order valence-electron chi connectivity index (χ1n) is 7.41. The van der Waals surface area contributed by atoms with E-state index < -0.39 is 5.97 Å². The summed E-state index contributed by atoms with van der Waals surface area (Å²) in [5, 5.41) is 11.0. The first-order chi connectivity index (χ1) is 10.8. The molecule has 3 aromatic rings. The summed E-state index contributed by atoms with van der Waals surface area (Å²) in [6.07, 6.45) is 2.10. The van der Waals surface area contributed by atoms with Crippen molar-refractivity contribution in [2.24, 2.45) is 0 Å². The number of carboxylic acid groups (broad SMARTS) is 1. The van der Waals surface area contributed by atoms with Crippen molar-refractivity contribution in [3.8, 4) is 10.6 Å². The van der Waals surface area contributed by atoms with E-state index in [1.54, 1.807) is 6.92 Å². The number of carbonyl (C=O) groups is 1. The Morgan fingerprint density at radius 1 is 1.35 bits per heavy atom. The molecule has 0 aliphatic heterocycles. The predicted octanol–water partition coefficient (Wildman–Crippen LogP) is 4.24. The van der Waals surface area contributed by atoms with Crippen LogP contribution in [-0.4, -0.2) is 20.6 Å². The van der Waals surface area contributed by atoms with Crippen LogP contribution in [-0.2, 0) is 0 Å². The molecule has 5 nitrogen and oxygen atoms in total. The Hall–Kier alpha value is -2.34. The number of nitrogens with zero attached hydrogens (tertiary/aromatic N) is 2. The van der Waals surface area contributed by atoms with Gasteiger partial charge in [0, 0.05) is 23.2 Å². The number of thiazole rings is 1. The lowest BCUT2D eigenvalue weighted by molar-refractivity contribution is 0.0701. The molecule has 0 saturated carbocycles. The number of anilines is 1. The fraction of sp³-hybridized carbons (Fsp3) is 0.294. The van der Waals surface area contributed by atoms with Crippen LogP contribution in [0, 0.1) is 13.8 Å². The van der Waals surface area contributed by atoms with Gasteiger partial charge in [-0.25, -0.2) is 9.78 Å². The summed E-state index contributed by atoms with van der Waals surface area (Å²) < 4.78 is 2.17. The van der Waals surface area contributed by atoms with Crippen molar-refractivity contribution >= 4 is 33.9 Å². The second-order valence-corrected chi connectivity index (χ2v) is 7.01. The Morgan fingerprint density at radius 3 is 2.61 bits per heavy atom. The summed E-state index contributed by atoms with van der Waals surface area (Å²) in [5.74, 6) is -0.942. The summed E-state index contributed by atoms with van der Waals surface area (Å²) in [4.78, 5) is 15.9. The number of aryl methyl sites for hydroxylation is 2. The Bertz CT molecular complexity index is 922. The van der Waals surface area contributed by atoms with Gasteiger partial charge in [0.25, 0.3) is 0 Å². The summed E-state index contributed by atoms with van der Waals surface area (Å²) in [6.45, 7) is 8.01. The summed E-state index contributed by atoms with van der Waals surface area (Å²) >= 11 is 1.18. The number of nitrogens with two attached hydrogens (primary N) is 1. The van der Waals surface area contributed by atoms with Crippen molar-refractivity contribution < 1.29 is 9.90 Å². The largest absolute Gasteiger partial charge is 0.477 e. The molecule has 0 atom stereocenters. The lowest BCUT2D eigenvalue weighted by Gasteiger charge is -2.11. The van der Waals surface area contributed by atoms with Gasteiger partial charge in [0.1, 0.15) is 9.88 Å². The fourth-order valence-electron chi connectivity index (χ4n) is 2.84. The van der Waals surface area contributed by atoms with Gasteiger partial charge in [0.05, 0.1) is 16.9 Å². The third-order valence-corrected chi connectivity index (χ3v) is 5.14. The molecule has 120 valence electrons. The first kappa shape index (κ1) is 15.6. The van der Waals surface area contributed by atoms with Gasteiger partial charge in [0.2, 0.25) is 0 Å². The number of carboxylic acids is 1. The minimum Gasteiger partial charge on any atom is -0.477 e. The van der Waals surface area contributed by atoms with Crippen LogP contribution in [0.2, 0.25) is 0 Å². The molecular weight excluding hydrogens is 310 g/mol. The molecule has 0 spiro atoms. The highest BCUT2D eigenvalue weighted by atomic mass is 32.1. The van der Waals surface area contributed by atoms with Gasteiger partial charge < -0.3 is 15.4 Å². The lowest BCUT2D eigenvalue weighted by atomic mass is 10.1. The zero-order valence-corrected chi connectivity index (χ0v) is 14.4. The zero-order valence-electron chi connectivity index (χ0n) is 13.5. The number of aromatic carboxylic acids is 1. The highest BCUT2D eigenvalue weighted by Gasteiger charge is 2.18. The SMILES string of the molecule is Cc1nc(-c2cc(N)c3c(c2)c(C)cn3C(C)C)sc1C(=O)O. The Kier molecular flexibility index (Phi) is 3.64. The summed E-state index contributed by atoms with van der Waals surface area (Å²) in [6, 6.07) is 4.24. The van der Waals surface area contributed by atoms with Crippen LogP contribution in [0.15, 0.2) is 18.3 Å². The van der Waals surface area contributed by atoms with Crippen molar-refractivity contribution in [3.63, 3.8) is 0 Å². The van der Waals surface area contributed by atoms with Gasteiger partial charge in [-0.2, -0.15) is 0 Å². The third-order valence-electron chi connectivity index (χ3n) is 3.95. The van der Waals surface area contributed by atoms with Crippen LogP contribution in [0.3, 0.4) is 0 Å². The van der Waals surface area contributed by atoms with Gasteiger partial charge in [-0.1, -0.05) is 0 Å². The fourth-order valence-corrected chi connectivity index (χ4v) is 3.73. The standard InChI is InChI=1S/C17H19N3O2S/c1-8(2)20-7-9(3)12-5-11(6-13(18)14(12)20)16-19-10(4)15(23-16)17(21)22/h5-8H,18H2,1-4H3,(H,21,22). The quantitative estimate of drug-likeness (QED) is 0.704. The van der Waals surface area contributed by atoms with Crippen LogP contribution in [0.25, 0.3) is 21.5 Å². The van der Waals surface area contributed by atoms with Crippen molar-refractivity contribution in [3.05, 3.63) is 34.5 Å². The molecule has 3 N–H and O–H groups in total. The van der Waals surface area contributed by atoms with Gasteiger partial charge in [-0.15, -0.1) is 11.3 Å². The van der Waals surface area contributed by atoms with Gasteiger partial charge in [-0.05, 0) is 45.4 Å². The van der Waals surface area contributed by atoms with E-state index in [1.807, 2.05) is 12.1 Å². The van der Waals surface area contributed by atoms with E-state index in [0.717, 1.165) is 22.0 Å². The number of nitrogen functional groups attached to an aromatic ring is 1. The average Bonchev–Trinajstić information content (AvgIpc) is 3.00. The van der Waals surface area contributed by atoms with Gasteiger partial charge >= 0.3 is 5.97 Å². The Morgan fingerprint density at radius 2 is 2.04 bits per heavy atom. The van der Waals surface area contributed by atoms with E-state index in [9.17, 15) is 9.90 Å². The van der Waals surface area contributed by atoms with Crippen LogP contribution >= 0.6 is 11.3 Å². The highest BCUT2D eigenvalue weighted by Crippen LogP contribution is 2.36. The first-order valence-corrected chi connectivity index (χ1v) is 8.23. The molecule has 23 heavy (non-hydrogen) atoms. The van der Waals surface area contributed by atoms with Crippen LogP contribution < -0.4 is 5.73 Å². The number of hydrogen-bond donors (Lipinski definition) is 2. The van der Waals surface area contributed by atoms with Gasteiger partial charge in [-0.3, -0.25) is 0 Å². The maximum Gasteiger partial charge on any atom is 0.347 e. The van der Waals surface area contributed by atoms with E-state index in [-0.39, 0.29) is 4.88 Å². The number of benzene rings is 1. The smallest absolute Gasteiger partial charge is 0.347 e. The molecular formula is C17H19N3O2S. The second-order valence-electron chi connectivity index (χ2n) is 6.01. The van der Waals surface area contributed by atoms with Crippen molar-refractivity contribution in [2.75, 3.05) is 5.73 Å². The van der Waals surface area contributed by atoms with E-state index in [1.165, 1.54) is 11.3 Å². The molecule has 0 fully saturated rings. The van der Waals surface area contributed by atoms with E-state index in [4.69, 9.17) is 5.73 Å². The molecule has 0 radical (unpaired) electrons. The molecule has 2 aromatic heterocycles. The van der Waals surface area contributed by atoms with Gasteiger partial charge in [0.15, 0.2) is 0 Å². The molecule has 0 aliphatic rings. The molecule has 0 saturated heterocycles.